The quantitative estimate of drug-likeness (QED) is 0.291. The average molecular weight is 486 g/mol. The van der Waals surface area contributed by atoms with Crippen molar-refractivity contribution in [3.8, 4) is 11.4 Å². The predicted octanol–water partition coefficient (Wildman–Crippen LogP) is 5.43. The number of hydrogen-bond acceptors (Lipinski definition) is 5. The van der Waals surface area contributed by atoms with Gasteiger partial charge in [0, 0.05) is 0 Å². The first-order valence-corrected chi connectivity index (χ1v) is 11.3. The summed E-state index contributed by atoms with van der Waals surface area (Å²) in [6.07, 6.45) is 0. The Hall–Kier alpha value is -3.00. The molecule has 4 aromatic rings. The number of carbonyl (C=O) groups excluding carboxylic acids is 1. The molecule has 1 amide bonds. The van der Waals surface area contributed by atoms with Crippen molar-refractivity contribution >= 4 is 57.5 Å². The van der Waals surface area contributed by atoms with E-state index in [9.17, 15) is 9.59 Å². The molecule has 1 heterocycles. The topological polar surface area (TPSA) is 73.2 Å². The molecule has 0 aliphatic rings. The summed E-state index contributed by atoms with van der Waals surface area (Å²) in [6, 6.07) is 19.2. The van der Waals surface area contributed by atoms with Crippen molar-refractivity contribution in [1.82, 2.24) is 9.55 Å². The Morgan fingerprint density at radius 2 is 1.72 bits per heavy atom. The number of rotatable bonds is 6. The summed E-state index contributed by atoms with van der Waals surface area (Å²) in [5.41, 5.74) is 1.17. The van der Waals surface area contributed by atoms with E-state index in [2.05, 4.69) is 10.3 Å². The summed E-state index contributed by atoms with van der Waals surface area (Å²) in [5, 5.41) is 4.22. The van der Waals surface area contributed by atoms with Gasteiger partial charge in [-0.05, 0) is 36.4 Å². The Morgan fingerprint density at radius 1 is 1.03 bits per heavy atom. The Balaban J connectivity index is 1.72. The van der Waals surface area contributed by atoms with Crippen molar-refractivity contribution in [1.29, 1.82) is 0 Å². The van der Waals surface area contributed by atoms with Gasteiger partial charge in [-0.25, -0.2) is 4.98 Å². The molecule has 0 bridgehead atoms. The van der Waals surface area contributed by atoms with Crippen molar-refractivity contribution in [2.45, 2.75) is 5.16 Å². The Labute approximate surface area is 198 Å². The molecular formula is C23H17Cl2N3O3S. The molecule has 4 rings (SSSR count). The number of methoxy groups -OCH3 is 1. The molecule has 0 radical (unpaired) electrons. The van der Waals surface area contributed by atoms with Crippen molar-refractivity contribution in [3.05, 3.63) is 87.1 Å². The summed E-state index contributed by atoms with van der Waals surface area (Å²) in [7, 11) is 1.53. The number of nitrogens with one attached hydrogen (secondary N) is 1. The van der Waals surface area contributed by atoms with Crippen molar-refractivity contribution in [2.75, 3.05) is 18.2 Å². The third kappa shape index (κ3) is 4.46. The molecule has 3 aromatic carbocycles. The summed E-state index contributed by atoms with van der Waals surface area (Å²) < 4.78 is 6.91. The fourth-order valence-corrected chi connectivity index (χ4v) is 4.46. The van der Waals surface area contributed by atoms with Crippen LogP contribution in [0.3, 0.4) is 0 Å². The van der Waals surface area contributed by atoms with E-state index in [1.807, 2.05) is 12.1 Å². The molecule has 0 unspecified atom stereocenters. The molecule has 0 fully saturated rings. The van der Waals surface area contributed by atoms with Crippen molar-refractivity contribution in [2.24, 2.45) is 0 Å². The molecular weight excluding hydrogens is 469 g/mol. The van der Waals surface area contributed by atoms with Crippen LogP contribution in [0.25, 0.3) is 16.6 Å². The van der Waals surface area contributed by atoms with Gasteiger partial charge in [-0.2, -0.15) is 0 Å². The molecule has 1 N–H and O–H groups in total. The van der Waals surface area contributed by atoms with Gasteiger partial charge in [0.2, 0.25) is 5.91 Å². The smallest absolute Gasteiger partial charge is 0.266 e. The monoisotopic (exact) mass is 485 g/mol. The standard InChI is InChI=1S/C23H17Cl2N3O3S/c1-31-19-12-5-4-11-18(19)28-22(30)14-7-2-3-10-17(14)26-23(28)32-13-20(29)27-21-15(24)8-6-9-16(21)25/h2-12H,13H2,1H3,(H,27,29). The Kier molecular flexibility index (Phi) is 6.69. The van der Waals surface area contributed by atoms with Gasteiger partial charge in [0.05, 0.1) is 45.2 Å². The average Bonchev–Trinajstić information content (AvgIpc) is 2.80. The number of benzene rings is 3. The minimum atomic E-state index is -0.334. The number of hydrogen-bond donors (Lipinski definition) is 1. The third-order valence-electron chi connectivity index (χ3n) is 4.63. The van der Waals surface area contributed by atoms with Gasteiger partial charge < -0.3 is 10.1 Å². The molecule has 162 valence electrons. The number of para-hydroxylation sites is 4. The predicted molar refractivity (Wildman–Crippen MR) is 130 cm³/mol. The number of thioether (sulfide) groups is 1. The third-order valence-corrected chi connectivity index (χ3v) is 6.20. The molecule has 0 aliphatic heterocycles. The zero-order valence-corrected chi connectivity index (χ0v) is 19.2. The lowest BCUT2D eigenvalue weighted by Crippen LogP contribution is -2.23. The van der Waals surface area contributed by atoms with Crippen LogP contribution in [0.5, 0.6) is 5.75 Å². The number of carbonyl (C=O) groups is 1. The van der Waals surface area contributed by atoms with Crippen LogP contribution in [0.15, 0.2) is 76.7 Å². The summed E-state index contributed by atoms with van der Waals surface area (Å²) in [6.45, 7) is 0. The lowest BCUT2D eigenvalue weighted by atomic mass is 10.2. The van der Waals surface area contributed by atoms with Gasteiger partial charge in [-0.3, -0.25) is 14.2 Å². The van der Waals surface area contributed by atoms with E-state index in [-0.39, 0.29) is 17.2 Å². The molecule has 0 aliphatic carbocycles. The van der Waals surface area contributed by atoms with Crippen molar-refractivity contribution < 1.29 is 9.53 Å². The van der Waals surface area contributed by atoms with Gasteiger partial charge in [-0.1, -0.05) is 65.3 Å². The van der Waals surface area contributed by atoms with Gasteiger partial charge in [0.25, 0.3) is 5.56 Å². The van der Waals surface area contributed by atoms with Gasteiger partial charge in [0.15, 0.2) is 5.16 Å². The van der Waals surface area contributed by atoms with Crippen LogP contribution in [0.4, 0.5) is 5.69 Å². The summed E-state index contributed by atoms with van der Waals surface area (Å²) >= 11 is 13.4. The second-order valence-corrected chi connectivity index (χ2v) is 8.41. The molecule has 0 atom stereocenters. The first-order chi connectivity index (χ1) is 15.5. The van der Waals surface area contributed by atoms with Crippen LogP contribution >= 0.6 is 35.0 Å². The van der Waals surface area contributed by atoms with Gasteiger partial charge in [-0.15, -0.1) is 0 Å². The number of nitrogens with zero attached hydrogens (tertiary/aromatic N) is 2. The fourth-order valence-electron chi connectivity index (χ4n) is 3.16. The highest BCUT2D eigenvalue weighted by Gasteiger charge is 2.18. The maximum atomic E-state index is 13.4. The van der Waals surface area contributed by atoms with Crippen LogP contribution in [0.1, 0.15) is 0 Å². The van der Waals surface area contributed by atoms with E-state index in [0.29, 0.717) is 43.2 Å². The normalized spacial score (nSPS) is 10.8. The molecule has 1 aromatic heterocycles. The summed E-state index contributed by atoms with van der Waals surface area (Å²) in [4.78, 5) is 30.6. The number of aromatic nitrogens is 2. The molecule has 32 heavy (non-hydrogen) atoms. The highest BCUT2D eigenvalue weighted by molar-refractivity contribution is 7.99. The molecule has 0 spiro atoms. The van der Waals surface area contributed by atoms with Crippen LogP contribution in [-0.2, 0) is 4.79 Å². The maximum Gasteiger partial charge on any atom is 0.266 e. The molecule has 9 heteroatoms. The zero-order valence-electron chi connectivity index (χ0n) is 16.8. The van der Waals surface area contributed by atoms with Crippen LogP contribution in [-0.4, -0.2) is 28.3 Å². The van der Waals surface area contributed by atoms with Gasteiger partial charge in [0.1, 0.15) is 5.75 Å². The number of fused-ring (bicyclic) bond motifs is 1. The van der Waals surface area contributed by atoms with Crippen molar-refractivity contribution in [3.63, 3.8) is 0 Å². The van der Waals surface area contributed by atoms with E-state index in [1.165, 1.54) is 11.7 Å². The van der Waals surface area contributed by atoms with E-state index in [4.69, 9.17) is 27.9 Å². The first kappa shape index (κ1) is 22.2. The SMILES string of the molecule is COc1ccccc1-n1c(SCC(=O)Nc2c(Cl)cccc2Cl)nc2ccccc2c1=O. The highest BCUT2D eigenvalue weighted by Crippen LogP contribution is 2.31. The van der Waals surface area contributed by atoms with E-state index < -0.39 is 0 Å². The Morgan fingerprint density at radius 3 is 2.47 bits per heavy atom. The largest absolute Gasteiger partial charge is 0.495 e. The summed E-state index contributed by atoms with van der Waals surface area (Å²) in [5.74, 6) is 0.168. The number of amides is 1. The van der Waals surface area contributed by atoms with E-state index in [0.717, 1.165) is 11.8 Å². The Bertz CT molecular complexity index is 1350. The molecule has 0 saturated heterocycles. The van der Waals surface area contributed by atoms with E-state index in [1.54, 1.807) is 54.6 Å². The molecule has 6 nitrogen and oxygen atoms in total. The lowest BCUT2D eigenvalue weighted by Gasteiger charge is -2.16. The molecule has 0 saturated carbocycles. The first-order valence-electron chi connectivity index (χ1n) is 9.51. The maximum absolute atomic E-state index is 13.4. The van der Waals surface area contributed by atoms with Gasteiger partial charge >= 0.3 is 0 Å². The lowest BCUT2D eigenvalue weighted by molar-refractivity contribution is -0.113. The number of halogens is 2. The van der Waals surface area contributed by atoms with Crippen LogP contribution in [0.2, 0.25) is 10.0 Å². The fraction of sp³-hybridized carbons (Fsp3) is 0.0870. The second-order valence-electron chi connectivity index (χ2n) is 6.66. The number of anilines is 1. The minimum Gasteiger partial charge on any atom is -0.495 e. The minimum absolute atomic E-state index is 0.0124. The van der Waals surface area contributed by atoms with Crippen LogP contribution in [0, 0.1) is 0 Å². The van der Waals surface area contributed by atoms with E-state index >= 15 is 0 Å². The zero-order chi connectivity index (χ0) is 22.7. The number of ether oxygens (including phenoxy) is 1. The second kappa shape index (κ2) is 9.65. The van der Waals surface area contributed by atoms with Crippen LogP contribution < -0.4 is 15.6 Å². The highest BCUT2D eigenvalue weighted by atomic mass is 35.5.